The van der Waals surface area contributed by atoms with Crippen molar-refractivity contribution in [3.63, 3.8) is 0 Å². The van der Waals surface area contributed by atoms with Crippen LogP contribution in [0.1, 0.15) is 36.7 Å². The highest BCUT2D eigenvalue weighted by Gasteiger charge is 2.19. The third-order valence-electron chi connectivity index (χ3n) is 5.14. The topological polar surface area (TPSA) is 84.9 Å². The summed E-state index contributed by atoms with van der Waals surface area (Å²) in [5.74, 6) is 0.562. The molecule has 1 aliphatic rings. The molecule has 0 radical (unpaired) electrons. The second-order valence-corrected chi connectivity index (χ2v) is 7.23. The minimum Gasteiger partial charge on any atom is -0.381 e. The third-order valence-corrected chi connectivity index (χ3v) is 5.14. The molecule has 0 bridgehead atoms. The number of aryl methyl sites for hydroxylation is 1. The van der Waals surface area contributed by atoms with Crippen LogP contribution in [-0.2, 0) is 22.6 Å². The molecule has 2 aromatic rings. The average molecular weight is 381 g/mol. The molecule has 0 saturated carbocycles. The maximum atomic E-state index is 12.7. The van der Waals surface area contributed by atoms with Crippen LogP contribution in [0.4, 0.5) is 5.82 Å². The van der Waals surface area contributed by atoms with E-state index in [0.29, 0.717) is 24.9 Å². The first-order valence-electron chi connectivity index (χ1n) is 9.73. The summed E-state index contributed by atoms with van der Waals surface area (Å²) >= 11 is 0. The van der Waals surface area contributed by atoms with Crippen molar-refractivity contribution in [3.05, 3.63) is 40.9 Å². The van der Waals surface area contributed by atoms with Gasteiger partial charge in [-0.25, -0.2) is 4.68 Å². The van der Waals surface area contributed by atoms with Gasteiger partial charge >= 0.3 is 0 Å². The maximum Gasteiger partial charge on any atom is 0.267 e. The molecule has 1 fully saturated rings. The van der Waals surface area contributed by atoms with E-state index in [0.717, 1.165) is 42.9 Å². The standard InChI is InChI=1S/C21H27N5O2/c1-4-8-25-15(2)10-18(16(25)3)11-19(12-22)21(27)24-20-5-7-23-26(20)13-17-6-9-28-14-17/h5,7,10-11,17H,4,6,8-9,13-14H2,1-3H3,(H,24,27)/b19-11+/t17-/m0/s1. The lowest BCUT2D eigenvalue weighted by molar-refractivity contribution is -0.112. The normalized spacial score (nSPS) is 16.9. The summed E-state index contributed by atoms with van der Waals surface area (Å²) in [4.78, 5) is 12.7. The highest BCUT2D eigenvalue weighted by atomic mass is 16.5. The van der Waals surface area contributed by atoms with Crippen molar-refractivity contribution in [2.24, 2.45) is 5.92 Å². The van der Waals surface area contributed by atoms with Crippen molar-refractivity contribution < 1.29 is 9.53 Å². The van der Waals surface area contributed by atoms with Gasteiger partial charge in [0.2, 0.25) is 0 Å². The molecule has 1 aliphatic heterocycles. The number of rotatable bonds is 7. The first-order valence-corrected chi connectivity index (χ1v) is 9.73. The van der Waals surface area contributed by atoms with Gasteiger partial charge in [0.1, 0.15) is 17.5 Å². The van der Waals surface area contributed by atoms with Gasteiger partial charge in [-0.15, -0.1) is 0 Å². The monoisotopic (exact) mass is 381 g/mol. The first kappa shape index (κ1) is 19.9. The second-order valence-electron chi connectivity index (χ2n) is 7.23. The number of hydrogen-bond donors (Lipinski definition) is 1. The smallest absolute Gasteiger partial charge is 0.267 e. The molecule has 1 atom stereocenters. The largest absolute Gasteiger partial charge is 0.381 e. The van der Waals surface area contributed by atoms with Crippen LogP contribution in [-0.4, -0.2) is 33.5 Å². The van der Waals surface area contributed by atoms with Gasteiger partial charge < -0.3 is 14.6 Å². The van der Waals surface area contributed by atoms with Crippen molar-refractivity contribution >= 4 is 17.8 Å². The zero-order valence-corrected chi connectivity index (χ0v) is 16.7. The maximum absolute atomic E-state index is 12.7. The second kappa shape index (κ2) is 8.89. The van der Waals surface area contributed by atoms with Crippen LogP contribution in [0.15, 0.2) is 23.9 Å². The number of amides is 1. The highest BCUT2D eigenvalue weighted by molar-refractivity contribution is 6.09. The molecule has 0 aromatic carbocycles. The van der Waals surface area contributed by atoms with Crippen molar-refractivity contribution in [2.75, 3.05) is 18.5 Å². The fourth-order valence-electron chi connectivity index (χ4n) is 3.59. The Hall–Kier alpha value is -2.85. The van der Waals surface area contributed by atoms with Crippen molar-refractivity contribution in [1.82, 2.24) is 14.3 Å². The van der Waals surface area contributed by atoms with E-state index in [1.807, 2.05) is 26.0 Å². The fraction of sp³-hybridized carbons (Fsp3) is 0.476. The lowest BCUT2D eigenvalue weighted by atomic mass is 10.1. The van der Waals surface area contributed by atoms with Gasteiger partial charge in [-0.2, -0.15) is 10.4 Å². The molecule has 7 nitrogen and oxygen atoms in total. The number of aromatic nitrogens is 3. The van der Waals surface area contributed by atoms with Gasteiger partial charge in [0, 0.05) is 43.1 Å². The van der Waals surface area contributed by atoms with Gasteiger partial charge in [-0.1, -0.05) is 6.92 Å². The lowest BCUT2D eigenvalue weighted by Crippen LogP contribution is -2.19. The zero-order chi connectivity index (χ0) is 20.1. The van der Waals surface area contributed by atoms with Gasteiger partial charge in [0.25, 0.3) is 5.91 Å². The zero-order valence-electron chi connectivity index (χ0n) is 16.7. The summed E-state index contributed by atoms with van der Waals surface area (Å²) in [6.07, 6.45) is 5.33. The molecule has 3 rings (SSSR count). The van der Waals surface area contributed by atoms with Crippen LogP contribution in [0.2, 0.25) is 0 Å². The Morgan fingerprint density at radius 2 is 2.32 bits per heavy atom. The van der Waals surface area contributed by atoms with Gasteiger partial charge in [0.15, 0.2) is 0 Å². The Balaban J connectivity index is 1.76. The predicted octanol–water partition coefficient (Wildman–Crippen LogP) is 3.29. The SMILES string of the molecule is CCCn1c(C)cc(/C=C(\C#N)C(=O)Nc2ccnn2C[C@@H]2CCOC2)c1C. The molecule has 1 amide bonds. The minimum absolute atomic E-state index is 0.0775. The molecule has 28 heavy (non-hydrogen) atoms. The van der Waals surface area contributed by atoms with E-state index in [2.05, 4.69) is 21.9 Å². The predicted molar refractivity (Wildman–Crippen MR) is 108 cm³/mol. The number of carbonyl (C=O) groups excluding carboxylic acids is 1. The van der Waals surface area contributed by atoms with Gasteiger partial charge in [-0.05, 0) is 44.4 Å². The number of anilines is 1. The molecule has 148 valence electrons. The Bertz CT molecular complexity index is 910. The summed E-state index contributed by atoms with van der Waals surface area (Å²) in [7, 11) is 0. The van der Waals surface area contributed by atoms with E-state index in [4.69, 9.17) is 4.74 Å². The molecule has 0 unspecified atom stereocenters. The Kier molecular flexibility index (Phi) is 6.32. The molecule has 0 aliphatic carbocycles. The van der Waals surface area contributed by atoms with Crippen LogP contribution >= 0.6 is 0 Å². The molecule has 1 N–H and O–H groups in total. The number of carbonyl (C=O) groups is 1. The van der Waals surface area contributed by atoms with Crippen LogP contribution < -0.4 is 5.32 Å². The Morgan fingerprint density at radius 3 is 3.00 bits per heavy atom. The molecular formula is C21H27N5O2. The van der Waals surface area contributed by atoms with E-state index in [1.54, 1.807) is 23.0 Å². The van der Waals surface area contributed by atoms with E-state index in [9.17, 15) is 10.1 Å². The molecule has 3 heterocycles. The number of hydrogen-bond acceptors (Lipinski definition) is 4. The van der Waals surface area contributed by atoms with Crippen LogP contribution in [0.25, 0.3) is 6.08 Å². The molecule has 0 spiro atoms. The summed E-state index contributed by atoms with van der Waals surface area (Å²) in [5.41, 5.74) is 3.16. The van der Waals surface area contributed by atoms with Crippen LogP contribution in [0, 0.1) is 31.1 Å². The van der Waals surface area contributed by atoms with E-state index in [-0.39, 0.29) is 5.57 Å². The summed E-state index contributed by atoms with van der Waals surface area (Å²) in [6.45, 7) is 9.27. The van der Waals surface area contributed by atoms with Crippen LogP contribution in [0.5, 0.6) is 0 Å². The molecular weight excluding hydrogens is 354 g/mol. The van der Waals surface area contributed by atoms with Gasteiger partial charge in [-0.3, -0.25) is 4.79 Å². The average Bonchev–Trinajstić information content (AvgIpc) is 3.39. The molecule has 2 aromatic heterocycles. The Labute approximate surface area is 165 Å². The molecule has 7 heteroatoms. The van der Waals surface area contributed by atoms with E-state index < -0.39 is 5.91 Å². The van der Waals surface area contributed by atoms with E-state index >= 15 is 0 Å². The van der Waals surface area contributed by atoms with Crippen molar-refractivity contribution in [3.8, 4) is 6.07 Å². The molecule has 1 saturated heterocycles. The highest BCUT2D eigenvalue weighted by Crippen LogP contribution is 2.20. The third kappa shape index (κ3) is 4.34. The summed E-state index contributed by atoms with van der Waals surface area (Å²) < 4.78 is 9.38. The Morgan fingerprint density at radius 1 is 1.50 bits per heavy atom. The number of nitrogens with one attached hydrogen (secondary N) is 1. The number of nitriles is 1. The van der Waals surface area contributed by atoms with Crippen molar-refractivity contribution in [1.29, 1.82) is 5.26 Å². The minimum atomic E-state index is -0.424. The van der Waals surface area contributed by atoms with Gasteiger partial charge in [0.05, 0.1) is 12.8 Å². The van der Waals surface area contributed by atoms with E-state index in [1.165, 1.54) is 0 Å². The number of nitrogens with zero attached hydrogens (tertiary/aromatic N) is 4. The first-order chi connectivity index (χ1) is 13.5. The van der Waals surface area contributed by atoms with Crippen molar-refractivity contribution in [2.45, 2.75) is 46.7 Å². The number of ether oxygens (including phenoxy) is 1. The van der Waals surface area contributed by atoms with Crippen LogP contribution in [0.3, 0.4) is 0 Å². The summed E-state index contributed by atoms with van der Waals surface area (Å²) in [5, 5.41) is 16.6. The lowest BCUT2D eigenvalue weighted by Gasteiger charge is -2.12. The quantitative estimate of drug-likeness (QED) is 0.589. The fourth-order valence-corrected chi connectivity index (χ4v) is 3.59. The summed E-state index contributed by atoms with van der Waals surface area (Å²) in [6, 6.07) is 5.79.